The number of nitrogens with zero attached hydrogens (tertiary/aromatic N) is 2. The van der Waals surface area contributed by atoms with Crippen LogP contribution in [0.4, 0.5) is 5.13 Å². The topological polar surface area (TPSA) is 131 Å². The minimum atomic E-state index is -4.34. The Morgan fingerprint density at radius 1 is 1.07 bits per heavy atom. The van der Waals surface area contributed by atoms with Gasteiger partial charge in [-0.3, -0.25) is 14.7 Å². The van der Waals surface area contributed by atoms with Gasteiger partial charge in [-0.05, 0) is 57.2 Å². The first-order valence-corrected chi connectivity index (χ1v) is 11.3. The molecule has 0 unspecified atom stereocenters. The van der Waals surface area contributed by atoms with Gasteiger partial charge in [0.05, 0.1) is 11.4 Å². The van der Waals surface area contributed by atoms with Crippen molar-refractivity contribution in [2.75, 3.05) is 5.32 Å². The molecule has 9 nitrogen and oxygen atoms in total. The van der Waals surface area contributed by atoms with Gasteiger partial charge in [-0.15, -0.1) is 10.2 Å². The molecule has 0 aliphatic heterocycles. The fraction of sp³-hybridized carbons (Fsp3) is 0.211. The SMILES string of the molecule is Cc1nnc(NC(=O)c2cc(Oc3ccc(P(=O)(O)O)cc3)cc(OC(C)C)c2)s1. The molecule has 3 aromatic rings. The molecule has 158 valence electrons. The van der Waals surface area contributed by atoms with Gasteiger partial charge in [0.15, 0.2) is 0 Å². The van der Waals surface area contributed by atoms with Crippen LogP contribution >= 0.6 is 18.9 Å². The fourth-order valence-corrected chi connectivity index (χ4v) is 3.59. The minimum absolute atomic E-state index is 0.112. The number of carbonyl (C=O) groups excluding carboxylic acids is 1. The Bertz CT molecular complexity index is 1090. The minimum Gasteiger partial charge on any atom is -0.491 e. The summed E-state index contributed by atoms with van der Waals surface area (Å²) in [7, 11) is -4.34. The summed E-state index contributed by atoms with van der Waals surface area (Å²) in [4.78, 5) is 31.1. The number of aryl methyl sites for hydroxylation is 1. The highest BCUT2D eigenvalue weighted by molar-refractivity contribution is 7.60. The summed E-state index contributed by atoms with van der Waals surface area (Å²) in [5.74, 6) is 0.714. The molecular formula is C19H20N3O6PS. The van der Waals surface area contributed by atoms with E-state index in [0.717, 1.165) is 5.01 Å². The molecule has 1 aromatic heterocycles. The van der Waals surface area contributed by atoms with Crippen LogP contribution in [-0.2, 0) is 4.57 Å². The lowest BCUT2D eigenvalue weighted by molar-refractivity contribution is 0.102. The molecule has 3 N–H and O–H groups in total. The molecule has 0 spiro atoms. The predicted molar refractivity (Wildman–Crippen MR) is 113 cm³/mol. The lowest BCUT2D eigenvalue weighted by Crippen LogP contribution is -2.13. The Morgan fingerprint density at radius 2 is 1.73 bits per heavy atom. The van der Waals surface area contributed by atoms with Crippen LogP contribution in [0.25, 0.3) is 0 Å². The van der Waals surface area contributed by atoms with Crippen molar-refractivity contribution in [1.82, 2.24) is 10.2 Å². The summed E-state index contributed by atoms with van der Waals surface area (Å²) in [5, 5.41) is 11.4. The van der Waals surface area contributed by atoms with Crippen LogP contribution in [-0.4, -0.2) is 32.0 Å². The van der Waals surface area contributed by atoms with Crippen molar-refractivity contribution in [3.63, 3.8) is 0 Å². The second kappa shape index (κ2) is 8.93. The average Bonchev–Trinajstić information content (AvgIpc) is 3.05. The van der Waals surface area contributed by atoms with Crippen molar-refractivity contribution in [1.29, 1.82) is 0 Å². The van der Waals surface area contributed by atoms with Crippen molar-refractivity contribution in [2.24, 2.45) is 0 Å². The van der Waals surface area contributed by atoms with Crippen LogP contribution in [0.3, 0.4) is 0 Å². The molecule has 0 fully saturated rings. The van der Waals surface area contributed by atoms with E-state index in [1.54, 1.807) is 19.1 Å². The lowest BCUT2D eigenvalue weighted by atomic mass is 10.2. The van der Waals surface area contributed by atoms with E-state index in [0.29, 0.717) is 27.9 Å². The number of aromatic nitrogens is 2. The Morgan fingerprint density at radius 3 is 2.30 bits per heavy atom. The third kappa shape index (κ3) is 5.87. The van der Waals surface area contributed by atoms with Gasteiger partial charge in [-0.1, -0.05) is 11.3 Å². The van der Waals surface area contributed by atoms with E-state index in [2.05, 4.69) is 15.5 Å². The molecule has 0 bridgehead atoms. The molecule has 1 heterocycles. The van der Waals surface area contributed by atoms with Gasteiger partial charge < -0.3 is 19.3 Å². The second-order valence-electron chi connectivity index (χ2n) is 6.58. The zero-order valence-electron chi connectivity index (χ0n) is 16.4. The van der Waals surface area contributed by atoms with E-state index >= 15 is 0 Å². The van der Waals surface area contributed by atoms with Crippen molar-refractivity contribution in [2.45, 2.75) is 26.9 Å². The van der Waals surface area contributed by atoms with Crippen molar-refractivity contribution < 1.29 is 28.6 Å². The maximum Gasteiger partial charge on any atom is 0.356 e. The molecular weight excluding hydrogens is 429 g/mol. The monoisotopic (exact) mass is 449 g/mol. The van der Waals surface area contributed by atoms with Crippen molar-refractivity contribution in [3.05, 3.63) is 53.0 Å². The number of hydrogen-bond donors (Lipinski definition) is 3. The number of carbonyl (C=O) groups is 1. The molecule has 0 saturated heterocycles. The van der Waals surface area contributed by atoms with Gasteiger partial charge in [0.1, 0.15) is 22.3 Å². The molecule has 1 amide bonds. The number of anilines is 1. The van der Waals surface area contributed by atoms with Crippen LogP contribution in [0.1, 0.15) is 29.2 Å². The van der Waals surface area contributed by atoms with Crippen LogP contribution in [0, 0.1) is 6.92 Å². The average molecular weight is 449 g/mol. The number of benzene rings is 2. The van der Waals surface area contributed by atoms with E-state index in [-0.39, 0.29) is 11.4 Å². The predicted octanol–water partition coefficient (Wildman–Crippen LogP) is 3.48. The van der Waals surface area contributed by atoms with Gasteiger partial charge in [0.25, 0.3) is 5.91 Å². The number of nitrogens with one attached hydrogen (secondary N) is 1. The second-order valence-corrected chi connectivity index (χ2v) is 9.37. The summed E-state index contributed by atoms with van der Waals surface area (Å²) in [6, 6.07) is 10.2. The molecule has 30 heavy (non-hydrogen) atoms. The Balaban J connectivity index is 1.86. The van der Waals surface area contributed by atoms with Crippen LogP contribution in [0.5, 0.6) is 17.2 Å². The van der Waals surface area contributed by atoms with Crippen LogP contribution in [0.2, 0.25) is 0 Å². The first kappa shape index (κ1) is 21.9. The Labute approximate surface area is 176 Å². The smallest absolute Gasteiger partial charge is 0.356 e. The third-order valence-electron chi connectivity index (χ3n) is 3.67. The Hall–Kier alpha value is -2.78. The maximum atomic E-state index is 12.7. The number of hydrogen-bond acceptors (Lipinski definition) is 7. The summed E-state index contributed by atoms with van der Waals surface area (Å²) in [6.45, 7) is 5.50. The molecule has 2 aromatic carbocycles. The normalized spacial score (nSPS) is 11.4. The zero-order chi connectivity index (χ0) is 21.9. The zero-order valence-corrected chi connectivity index (χ0v) is 18.1. The van der Waals surface area contributed by atoms with E-state index in [1.807, 2.05) is 13.8 Å². The number of ether oxygens (including phenoxy) is 2. The molecule has 0 radical (unpaired) electrons. The maximum absolute atomic E-state index is 12.7. The molecule has 0 aliphatic rings. The van der Waals surface area contributed by atoms with E-state index in [1.165, 1.54) is 41.7 Å². The highest BCUT2D eigenvalue weighted by Gasteiger charge is 2.17. The van der Waals surface area contributed by atoms with E-state index < -0.39 is 13.5 Å². The molecule has 3 rings (SSSR count). The highest BCUT2D eigenvalue weighted by Crippen LogP contribution is 2.34. The van der Waals surface area contributed by atoms with Gasteiger partial charge in [0.2, 0.25) is 5.13 Å². The quantitative estimate of drug-likeness (QED) is 0.467. The summed E-state index contributed by atoms with van der Waals surface area (Å²) in [6.07, 6.45) is -0.121. The summed E-state index contributed by atoms with van der Waals surface area (Å²) >= 11 is 1.26. The van der Waals surface area contributed by atoms with Crippen molar-refractivity contribution >= 4 is 35.3 Å². The molecule has 0 aliphatic carbocycles. The standard InChI is InChI=1S/C19H20N3O6PS/c1-11(2)27-15-8-13(18(23)20-19-22-21-12(3)30-19)9-16(10-15)28-14-4-6-17(7-5-14)29(24,25)26/h4-11H,1-3H3,(H,20,22,23)(H2,24,25,26). The van der Waals surface area contributed by atoms with Gasteiger partial charge in [0, 0.05) is 11.6 Å². The largest absolute Gasteiger partial charge is 0.491 e. The first-order chi connectivity index (χ1) is 14.1. The fourth-order valence-electron chi connectivity index (χ4n) is 2.46. The number of rotatable bonds is 7. The van der Waals surface area contributed by atoms with Gasteiger partial charge in [-0.2, -0.15) is 0 Å². The molecule has 0 atom stereocenters. The first-order valence-electron chi connectivity index (χ1n) is 8.87. The summed E-state index contributed by atoms with van der Waals surface area (Å²) < 4.78 is 22.8. The molecule has 0 saturated carbocycles. The van der Waals surface area contributed by atoms with E-state index in [9.17, 15) is 19.1 Å². The lowest BCUT2D eigenvalue weighted by Gasteiger charge is -2.14. The summed E-state index contributed by atoms with van der Waals surface area (Å²) in [5.41, 5.74) is 0.294. The Kier molecular flexibility index (Phi) is 6.52. The highest BCUT2D eigenvalue weighted by atomic mass is 32.1. The van der Waals surface area contributed by atoms with Crippen LogP contribution in [0.15, 0.2) is 42.5 Å². The van der Waals surface area contributed by atoms with Crippen LogP contribution < -0.4 is 20.1 Å². The van der Waals surface area contributed by atoms with Crippen molar-refractivity contribution in [3.8, 4) is 17.2 Å². The molecule has 11 heteroatoms. The van der Waals surface area contributed by atoms with Gasteiger partial charge in [-0.25, -0.2) is 0 Å². The number of amides is 1. The van der Waals surface area contributed by atoms with Gasteiger partial charge >= 0.3 is 7.60 Å². The third-order valence-corrected chi connectivity index (χ3v) is 5.39. The van der Waals surface area contributed by atoms with E-state index in [4.69, 9.17) is 9.47 Å².